The lowest BCUT2D eigenvalue weighted by Crippen LogP contribution is -2.10. The van der Waals surface area contributed by atoms with Gasteiger partial charge < -0.3 is 0 Å². The van der Waals surface area contributed by atoms with Crippen LogP contribution in [0.4, 0.5) is 4.48 Å². The van der Waals surface area contributed by atoms with Crippen molar-refractivity contribution in [1.82, 2.24) is 5.12 Å². The van der Waals surface area contributed by atoms with Crippen molar-refractivity contribution in [2.24, 2.45) is 0 Å². The number of hydrogen-bond acceptors (Lipinski definition) is 1. The van der Waals surface area contributed by atoms with Gasteiger partial charge in [-0.15, -0.1) is 0 Å². The average Bonchev–Trinajstić information content (AvgIpc) is 1.77. The zero-order valence-corrected chi connectivity index (χ0v) is 5.73. The van der Waals surface area contributed by atoms with Crippen LogP contribution in [0.2, 0.25) is 0 Å². The molecule has 0 aromatic heterocycles. The average molecular weight is 178 g/mol. The minimum absolute atomic E-state index is 0.344. The molecule has 0 radical (unpaired) electrons. The molecule has 0 aromatic carbocycles. The van der Waals surface area contributed by atoms with Gasteiger partial charge in [0.25, 0.3) is 0 Å². The lowest BCUT2D eigenvalue weighted by atomic mass is 10.4. The minimum Gasteiger partial charge on any atom is -0.201 e. The van der Waals surface area contributed by atoms with Crippen molar-refractivity contribution in [2.45, 2.75) is 0 Å². The Bertz CT molecular complexity index is 141. The summed E-state index contributed by atoms with van der Waals surface area (Å²) in [7, 11) is 0. The van der Waals surface area contributed by atoms with Crippen LogP contribution >= 0.6 is 15.9 Å². The summed E-state index contributed by atoms with van der Waals surface area (Å²) in [5.74, 6) is 0. The van der Waals surface area contributed by atoms with Crippen molar-refractivity contribution in [3.05, 3.63) is 22.8 Å². The van der Waals surface area contributed by atoms with Crippen LogP contribution in [0, 0.1) is 0 Å². The number of allylic oxidation sites excluding steroid dienone is 2. The molecule has 0 amide bonds. The van der Waals surface area contributed by atoms with Crippen LogP contribution in [0.5, 0.6) is 0 Å². The molecule has 0 atom stereocenters. The molecule has 1 aliphatic rings. The molecule has 0 aromatic rings. The molecule has 1 nitrogen and oxygen atoms in total. The van der Waals surface area contributed by atoms with Crippen LogP contribution in [-0.4, -0.2) is 11.7 Å². The third kappa shape index (κ3) is 1.10. The highest BCUT2D eigenvalue weighted by Crippen LogP contribution is 2.15. The standard InChI is InChI=1S/C5H5BrFN/c6-5-3-1-2-4-8(5)7/h1-3H,4H2. The molecule has 0 spiro atoms. The molecular formula is C5H5BrFN. The minimum atomic E-state index is 0.344. The molecule has 0 saturated carbocycles. The summed E-state index contributed by atoms with van der Waals surface area (Å²) in [6, 6.07) is 0. The fourth-order valence-electron chi connectivity index (χ4n) is 0.469. The van der Waals surface area contributed by atoms with E-state index in [-0.39, 0.29) is 0 Å². The second-order valence-corrected chi connectivity index (χ2v) is 2.27. The first kappa shape index (κ1) is 5.82. The van der Waals surface area contributed by atoms with Crippen molar-refractivity contribution in [1.29, 1.82) is 0 Å². The first-order chi connectivity index (χ1) is 3.80. The summed E-state index contributed by atoms with van der Waals surface area (Å²) in [6.45, 7) is 0.344. The molecule has 0 fully saturated rings. The van der Waals surface area contributed by atoms with Crippen molar-refractivity contribution >= 4 is 15.9 Å². The summed E-state index contributed by atoms with van der Waals surface area (Å²) in [6.07, 6.45) is 5.20. The van der Waals surface area contributed by atoms with E-state index in [0.29, 0.717) is 16.3 Å². The Labute approximate surface area is 55.5 Å². The topological polar surface area (TPSA) is 3.24 Å². The Kier molecular flexibility index (Phi) is 1.68. The zero-order valence-electron chi connectivity index (χ0n) is 4.14. The van der Waals surface area contributed by atoms with Gasteiger partial charge in [0.15, 0.2) is 0 Å². The maximum Gasteiger partial charge on any atom is 0.112 e. The van der Waals surface area contributed by atoms with Crippen molar-refractivity contribution in [3.8, 4) is 0 Å². The fourth-order valence-corrected chi connectivity index (χ4v) is 0.766. The maximum absolute atomic E-state index is 12.2. The van der Waals surface area contributed by atoms with Crippen LogP contribution < -0.4 is 0 Å². The number of halogens is 2. The lowest BCUT2D eigenvalue weighted by molar-refractivity contribution is 0.0999. The van der Waals surface area contributed by atoms with Crippen LogP contribution in [0.25, 0.3) is 0 Å². The highest BCUT2D eigenvalue weighted by Gasteiger charge is 2.03. The van der Waals surface area contributed by atoms with Crippen LogP contribution in [-0.2, 0) is 0 Å². The van der Waals surface area contributed by atoms with E-state index < -0.39 is 0 Å². The Balaban J connectivity index is 2.66. The van der Waals surface area contributed by atoms with Gasteiger partial charge >= 0.3 is 0 Å². The van der Waals surface area contributed by atoms with E-state index in [1.807, 2.05) is 0 Å². The predicted octanol–water partition coefficient (Wildman–Crippen LogP) is 1.98. The van der Waals surface area contributed by atoms with Gasteiger partial charge in [-0.3, -0.25) is 0 Å². The second kappa shape index (κ2) is 2.31. The molecule has 1 aliphatic heterocycles. The summed E-state index contributed by atoms with van der Waals surface area (Å²) < 4.78 is 12.7. The largest absolute Gasteiger partial charge is 0.201 e. The fraction of sp³-hybridized carbons (Fsp3) is 0.200. The Morgan fingerprint density at radius 3 is 2.88 bits per heavy atom. The number of hydrogen-bond donors (Lipinski definition) is 0. The first-order valence-electron chi connectivity index (χ1n) is 2.26. The maximum atomic E-state index is 12.2. The highest BCUT2D eigenvalue weighted by atomic mass is 79.9. The predicted molar refractivity (Wildman–Crippen MR) is 34.0 cm³/mol. The summed E-state index contributed by atoms with van der Waals surface area (Å²) in [5, 5.41) is 0.625. The molecule has 0 bridgehead atoms. The molecule has 1 rings (SSSR count). The number of nitrogens with zero attached hydrogens (tertiary/aromatic N) is 1. The Morgan fingerprint density at radius 2 is 2.50 bits per heavy atom. The van der Waals surface area contributed by atoms with Gasteiger partial charge in [-0.1, -0.05) is 16.6 Å². The van der Waals surface area contributed by atoms with Gasteiger partial charge in [0.05, 0.1) is 6.54 Å². The van der Waals surface area contributed by atoms with Crippen molar-refractivity contribution in [3.63, 3.8) is 0 Å². The molecule has 0 aliphatic carbocycles. The molecule has 3 heteroatoms. The van der Waals surface area contributed by atoms with Gasteiger partial charge in [0.2, 0.25) is 0 Å². The summed E-state index contributed by atoms with van der Waals surface area (Å²) in [4.78, 5) is 0. The third-order valence-electron chi connectivity index (χ3n) is 0.867. The molecule has 0 unspecified atom stereocenters. The molecule has 8 heavy (non-hydrogen) atoms. The first-order valence-corrected chi connectivity index (χ1v) is 3.05. The molecule has 1 heterocycles. The molecule has 44 valence electrons. The summed E-state index contributed by atoms with van der Waals surface area (Å²) >= 11 is 3.01. The molecular weight excluding hydrogens is 173 g/mol. The van der Waals surface area contributed by atoms with Crippen molar-refractivity contribution < 1.29 is 4.48 Å². The lowest BCUT2D eigenvalue weighted by Gasteiger charge is -2.11. The van der Waals surface area contributed by atoms with E-state index in [4.69, 9.17) is 0 Å². The highest BCUT2D eigenvalue weighted by molar-refractivity contribution is 9.11. The van der Waals surface area contributed by atoms with Gasteiger partial charge in [-0.25, -0.2) is 5.12 Å². The van der Waals surface area contributed by atoms with E-state index in [1.54, 1.807) is 18.2 Å². The Hall–Kier alpha value is -0.310. The quantitative estimate of drug-likeness (QED) is 0.405. The summed E-state index contributed by atoms with van der Waals surface area (Å²) in [5.41, 5.74) is 0. The SMILES string of the molecule is FN1CC=CC=C1Br. The monoisotopic (exact) mass is 177 g/mol. The van der Waals surface area contributed by atoms with Gasteiger partial charge in [0, 0.05) is 0 Å². The number of rotatable bonds is 0. The van der Waals surface area contributed by atoms with Crippen LogP contribution in [0.3, 0.4) is 0 Å². The molecule has 0 N–H and O–H groups in total. The normalized spacial score (nSPS) is 18.8. The van der Waals surface area contributed by atoms with Gasteiger partial charge in [-0.05, 0) is 22.0 Å². The van der Waals surface area contributed by atoms with E-state index >= 15 is 0 Å². The van der Waals surface area contributed by atoms with E-state index in [2.05, 4.69) is 15.9 Å². The van der Waals surface area contributed by atoms with Crippen LogP contribution in [0.1, 0.15) is 0 Å². The third-order valence-corrected chi connectivity index (χ3v) is 1.52. The van der Waals surface area contributed by atoms with Gasteiger partial charge in [-0.2, -0.15) is 0 Å². The van der Waals surface area contributed by atoms with E-state index in [0.717, 1.165) is 0 Å². The van der Waals surface area contributed by atoms with Crippen LogP contribution in [0.15, 0.2) is 22.8 Å². The Morgan fingerprint density at radius 1 is 1.75 bits per heavy atom. The second-order valence-electron chi connectivity index (χ2n) is 1.46. The van der Waals surface area contributed by atoms with Crippen molar-refractivity contribution in [2.75, 3.05) is 6.54 Å². The zero-order chi connectivity index (χ0) is 5.98. The molecule has 0 saturated heterocycles. The van der Waals surface area contributed by atoms with E-state index in [9.17, 15) is 4.48 Å². The van der Waals surface area contributed by atoms with Gasteiger partial charge in [0.1, 0.15) is 4.61 Å². The van der Waals surface area contributed by atoms with E-state index in [1.165, 1.54) is 0 Å². The smallest absolute Gasteiger partial charge is 0.112 e.